The summed E-state index contributed by atoms with van der Waals surface area (Å²) in [4.78, 5) is 14.9. The van der Waals surface area contributed by atoms with Crippen LogP contribution in [0.1, 0.15) is 41.4 Å². The SMILES string of the molecule is CCc1oc2ccccc2c1CN(C)C(=O)c1cccc(S(=O)(=O)N2CCCC2)c1. The molecule has 158 valence electrons. The van der Waals surface area contributed by atoms with Crippen molar-refractivity contribution in [2.24, 2.45) is 0 Å². The maximum Gasteiger partial charge on any atom is 0.253 e. The van der Waals surface area contributed by atoms with Crippen LogP contribution >= 0.6 is 0 Å². The summed E-state index contributed by atoms with van der Waals surface area (Å²) in [7, 11) is -1.83. The van der Waals surface area contributed by atoms with Gasteiger partial charge in [-0.25, -0.2) is 8.42 Å². The number of fused-ring (bicyclic) bond motifs is 1. The van der Waals surface area contributed by atoms with Crippen molar-refractivity contribution in [1.29, 1.82) is 0 Å². The molecule has 3 aromatic rings. The third kappa shape index (κ3) is 3.75. The zero-order chi connectivity index (χ0) is 21.3. The predicted octanol–water partition coefficient (Wildman–Crippen LogP) is 4.05. The summed E-state index contributed by atoms with van der Waals surface area (Å²) in [6.45, 7) is 3.49. The fourth-order valence-corrected chi connectivity index (χ4v) is 5.57. The summed E-state index contributed by atoms with van der Waals surface area (Å²) in [5.41, 5.74) is 2.16. The standard InChI is InChI=1S/C23H26N2O4S/c1-3-21-20(19-11-4-5-12-22(19)29-21)16-24(2)23(26)17-9-8-10-18(15-17)30(27,28)25-13-6-7-14-25/h4-5,8-12,15H,3,6-7,13-14,16H2,1-2H3. The Labute approximate surface area is 177 Å². The Hall–Kier alpha value is -2.64. The smallest absolute Gasteiger partial charge is 0.253 e. The van der Waals surface area contributed by atoms with Gasteiger partial charge in [-0.3, -0.25) is 4.79 Å². The molecule has 30 heavy (non-hydrogen) atoms. The van der Waals surface area contributed by atoms with Gasteiger partial charge < -0.3 is 9.32 Å². The Morgan fingerprint density at radius 1 is 1.10 bits per heavy atom. The minimum absolute atomic E-state index is 0.173. The third-order valence-electron chi connectivity index (χ3n) is 5.63. The molecule has 0 unspecified atom stereocenters. The van der Waals surface area contributed by atoms with E-state index in [9.17, 15) is 13.2 Å². The second-order valence-electron chi connectivity index (χ2n) is 7.65. The number of aryl methyl sites for hydroxylation is 1. The third-order valence-corrected chi connectivity index (χ3v) is 7.52. The van der Waals surface area contributed by atoms with Gasteiger partial charge in [0.2, 0.25) is 10.0 Å². The molecular weight excluding hydrogens is 400 g/mol. The van der Waals surface area contributed by atoms with Gasteiger partial charge in [0, 0.05) is 49.6 Å². The number of amides is 1. The Bertz CT molecular complexity index is 1180. The second kappa shape index (κ2) is 8.24. The lowest BCUT2D eigenvalue weighted by molar-refractivity contribution is 0.0785. The van der Waals surface area contributed by atoms with Gasteiger partial charge in [0.1, 0.15) is 11.3 Å². The number of carbonyl (C=O) groups is 1. The number of rotatable bonds is 6. The summed E-state index contributed by atoms with van der Waals surface area (Å²) >= 11 is 0. The Balaban J connectivity index is 1.60. The predicted molar refractivity (Wildman–Crippen MR) is 116 cm³/mol. The van der Waals surface area contributed by atoms with Crippen LogP contribution in [0.15, 0.2) is 57.8 Å². The highest BCUT2D eigenvalue weighted by atomic mass is 32.2. The van der Waals surface area contributed by atoms with Crippen LogP contribution < -0.4 is 0 Å². The van der Waals surface area contributed by atoms with Gasteiger partial charge in [-0.05, 0) is 37.1 Å². The molecule has 2 heterocycles. The zero-order valence-electron chi connectivity index (χ0n) is 17.3. The average Bonchev–Trinajstić information content (AvgIpc) is 3.42. The van der Waals surface area contributed by atoms with Crippen molar-refractivity contribution in [3.05, 3.63) is 65.4 Å². The number of benzene rings is 2. The van der Waals surface area contributed by atoms with Crippen LogP contribution in [0.25, 0.3) is 11.0 Å². The van der Waals surface area contributed by atoms with E-state index in [1.54, 1.807) is 30.1 Å². The molecule has 0 radical (unpaired) electrons. The lowest BCUT2D eigenvalue weighted by Crippen LogP contribution is -2.29. The highest BCUT2D eigenvalue weighted by Gasteiger charge is 2.28. The number of nitrogens with zero attached hydrogens (tertiary/aromatic N) is 2. The van der Waals surface area contributed by atoms with Gasteiger partial charge in [0.05, 0.1) is 4.90 Å². The van der Waals surface area contributed by atoms with Crippen molar-refractivity contribution in [3.63, 3.8) is 0 Å². The molecule has 4 rings (SSSR count). The van der Waals surface area contributed by atoms with Crippen LogP contribution in [-0.2, 0) is 23.0 Å². The van der Waals surface area contributed by atoms with Gasteiger partial charge in [-0.15, -0.1) is 0 Å². The van der Waals surface area contributed by atoms with Crippen molar-refractivity contribution in [1.82, 2.24) is 9.21 Å². The lowest BCUT2D eigenvalue weighted by Gasteiger charge is -2.19. The second-order valence-corrected chi connectivity index (χ2v) is 9.59. The molecule has 1 saturated heterocycles. The van der Waals surface area contributed by atoms with Crippen molar-refractivity contribution >= 4 is 26.9 Å². The first kappa shape index (κ1) is 20.6. The van der Waals surface area contributed by atoms with Crippen LogP contribution in [0, 0.1) is 0 Å². The Morgan fingerprint density at radius 3 is 2.57 bits per heavy atom. The monoisotopic (exact) mass is 426 g/mol. The van der Waals surface area contributed by atoms with Gasteiger partial charge in [-0.1, -0.05) is 31.2 Å². The molecule has 0 atom stereocenters. The quantitative estimate of drug-likeness (QED) is 0.596. The van der Waals surface area contributed by atoms with E-state index < -0.39 is 10.0 Å². The average molecular weight is 427 g/mol. The van der Waals surface area contributed by atoms with Crippen molar-refractivity contribution in [3.8, 4) is 0 Å². The van der Waals surface area contributed by atoms with Crippen molar-refractivity contribution < 1.29 is 17.6 Å². The lowest BCUT2D eigenvalue weighted by atomic mass is 10.1. The van der Waals surface area contributed by atoms with Gasteiger partial charge >= 0.3 is 0 Å². The largest absolute Gasteiger partial charge is 0.461 e. The van der Waals surface area contributed by atoms with Gasteiger partial charge in [0.25, 0.3) is 5.91 Å². The number of hydrogen-bond donors (Lipinski definition) is 0. The molecule has 1 amide bonds. The topological polar surface area (TPSA) is 70.8 Å². The summed E-state index contributed by atoms with van der Waals surface area (Å²) in [6, 6.07) is 14.1. The van der Waals surface area contributed by atoms with Crippen molar-refractivity contribution in [2.75, 3.05) is 20.1 Å². The van der Waals surface area contributed by atoms with Crippen LogP contribution in [0.4, 0.5) is 0 Å². The first-order chi connectivity index (χ1) is 14.4. The van der Waals surface area contributed by atoms with E-state index in [1.807, 2.05) is 31.2 Å². The summed E-state index contributed by atoms with van der Waals surface area (Å²) in [6.07, 6.45) is 2.48. The van der Waals surface area contributed by atoms with Crippen molar-refractivity contribution in [2.45, 2.75) is 37.6 Å². The van der Waals surface area contributed by atoms with Crippen LogP contribution in [0.2, 0.25) is 0 Å². The summed E-state index contributed by atoms with van der Waals surface area (Å²) < 4.78 is 33.1. The van der Waals surface area contributed by atoms with E-state index in [-0.39, 0.29) is 10.8 Å². The molecule has 7 heteroatoms. The fourth-order valence-electron chi connectivity index (χ4n) is 4.00. The molecule has 0 spiro atoms. The molecule has 0 saturated carbocycles. The molecule has 0 aliphatic carbocycles. The molecule has 1 aromatic heterocycles. The molecule has 1 fully saturated rings. The first-order valence-electron chi connectivity index (χ1n) is 10.3. The number of sulfonamides is 1. The van der Waals surface area contributed by atoms with Gasteiger partial charge in [-0.2, -0.15) is 4.31 Å². The fraction of sp³-hybridized carbons (Fsp3) is 0.348. The van der Waals surface area contributed by atoms with E-state index in [2.05, 4.69) is 0 Å². The first-order valence-corrected chi connectivity index (χ1v) is 11.7. The molecule has 2 aromatic carbocycles. The van der Waals surface area contributed by atoms with E-state index in [4.69, 9.17) is 4.42 Å². The molecule has 0 N–H and O–H groups in total. The Kier molecular flexibility index (Phi) is 5.66. The van der Waals surface area contributed by atoms with E-state index in [0.717, 1.165) is 41.6 Å². The zero-order valence-corrected chi connectivity index (χ0v) is 18.1. The molecule has 1 aliphatic heterocycles. The van der Waals surface area contributed by atoms with E-state index >= 15 is 0 Å². The molecule has 1 aliphatic rings. The summed E-state index contributed by atoms with van der Waals surface area (Å²) in [5, 5.41) is 0.999. The number of furan rings is 1. The highest BCUT2D eigenvalue weighted by Crippen LogP contribution is 2.28. The highest BCUT2D eigenvalue weighted by molar-refractivity contribution is 7.89. The van der Waals surface area contributed by atoms with Crippen LogP contribution in [-0.4, -0.2) is 43.7 Å². The number of para-hydroxylation sites is 1. The number of hydrogen-bond acceptors (Lipinski definition) is 4. The number of carbonyl (C=O) groups excluding carboxylic acids is 1. The normalized spacial score (nSPS) is 15.0. The summed E-state index contributed by atoms with van der Waals surface area (Å²) in [5.74, 6) is 0.641. The van der Waals surface area contributed by atoms with Crippen LogP contribution in [0.5, 0.6) is 0 Å². The molecular formula is C23H26N2O4S. The molecule has 0 bridgehead atoms. The van der Waals surface area contributed by atoms with E-state index in [1.165, 1.54) is 10.4 Å². The van der Waals surface area contributed by atoms with Crippen LogP contribution in [0.3, 0.4) is 0 Å². The minimum atomic E-state index is -3.56. The maximum absolute atomic E-state index is 13.1. The van der Waals surface area contributed by atoms with E-state index in [0.29, 0.717) is 25.2 Å². The molecule has 6 nitrogen and oxygen atoms in total. The maximum atomic E-state index is 13.1. The Morgan fingerprint density at radius 2 is 1.83 bits per heavy atom. The van der Waals surface area contributed by atoms with Gasteiger partial charge in [0.15, 0.2) is 0 Å². The minimum Gasteiger partial charge on any atom is -0.461 e.